The van der Waals surface area contributed by atoms with Crippen molar-refractivity contribution in [3.63, 3.8) is 0 Å². The van der Waals surface area contributed by atoms with Crippen LogP contribution >= 0.6 is 0 Å². The molecular formula is C23H27N3O3. The summed E-state index contributed by atoms with van der Waals surface area (Å²) in [5.41, 5.74) is 1.89. The van der Waals surface area contributed by atoms with Gasteiger partial charge in [-0.2, -0.15) is 0 Å². The molecule has 29 heavy (non-hydrogen) atoms. The number of ketones is 1. The highest BCUT2D eigenvalue weighted by molar-refractivity contribution is 6.03. The molecule has 1 fully saturated rings. The van der Waals surface area contributed by atoms with E-state index in [1.54, 1.807) is 29.2 Å². The summed E-state index contributed by atoms with van der Waals surface area (Å²) in [6.45, 7) is 3.92. The number of aromatic nitrogens is 1. The summed E-state index contributed by atoms with van der Waals surface area (Å²) in [6.07, 6.45) is 5.98. The number of benzene rings is 1. The first-order valence-corrected chi connectivity index (χ1v) is 10.3. The molecule has 0 saturated heterocycles. The van der Waals surface area contributed by atoms with E-state index in [0.29, 0.717) is 17.2 Å². The molecule has 1 aliphatic heterocycles. The molecule has 1 aliphatic carbocycles. The molecule has 0 radical (unpaired) electrons. The molecule has 1 N–H and O–H groups in total. The standard InChI is InChI=1S/C23H27N3O3/c1-15-8-10-18(11-9-15)24-23(29)22-20-7-4-12-25(20)14-21(28)26(22)19-6-3-5-17(13-19)16(2)27/h3-7,12-13,15,18,22H,8-11,14H2,1-2H3,(H,24,29). The Labute approximate surface area is 170 Å². The number of anilines is 1. The Morgan fingerprint density at radius 1 is 1.07 bits per heavy atom. The van der Waals surface area contributed by atoms with Crippen molar-refractivity contribution in [1.29, 1.82) is 0 Å². The van der Waals surface area contributed by atoms with Gasteiger partial charge in [0.2, 0.25) is 11.8 Å². The number of fused-ring (bicyclic) bond motifs is 1. The first kappa shape index (κ1) is 19.4. The maximum absolute atomic E-state index is 13.4. The molecule has 2 amide bonds. The first-order valence-electron chi connectivity index (χ1n) is 10.3. The average molecular weight is 393 g/mol. The van der Waals surface area contributed by atoms with E-state index in [9.17, 15) is 14.4 Å². The molecule has 1 unspecified atom stereocenters. The van der Waals surface area contributed by atoms with Crippen molar-refractivity contribution in [2.75, 3.05) is 4.90 Å². The summed E-state index contributed by atoms with van der Waals surface area (Å²) in [5, 5.41) is 3.18. The van der Waals surface area contributed by atoms with Gasteiger partial charge in [0.15, 0.2) is 11.8 Å². The van der Waals surface area contributed by atoms with Gasteiger partial charge in [0.05, 0.1) is 5.69 Å². The highest BCUT2D eigenvalue weighted by Crippen LogP contribution is 2.33. The van der Waals surface area contributed by atoms with Crippen LogP contribution in [0.3, 0.4) is 0 Å². The predicted octanol–water partition coefficient (Wildman–Crippen LogP) is 3.47. The normalized spacial score (nSPS) is 24.1. The number of nitrogens with one attached hydrogen (secondary N) is 1. The minimum atomic E-state index is -0.743. The molecular weight excluding hydrogens is 366 g/mol. The summed E-state index contributed by atoms with van der Waals surface area (Å²) < 4.78 is 1.83. The summed E-state index contributed by atoms with van der Waals surface area (Å²) >= 11 is 0. The van der Waals surface area contributed by atoms with Gasteiger partial charge in [-0.3, -0.25) is 19.3 Å². The van der Waals surface area contributed by atoms with Crippen LogP contribution in [0.4, 0.5) is 5.69 Å². The topological polar surface area (TPSA) is 71.4 Å². The number of nitrogens with zero attached hydrogens (tertiary/aromatic N) is 2. The molecule has 6 nitrogen and oxygen atoms in total. The number of amides is 2. The highest BCUT2D eigenvalue weighted by atomic mass is 16.2. The van der Waals surface area contributed by atoms with Crippen molar-refractivity contribution in [3.05, 3.63) is 53.9 Å². The van der Waals surface area contributed by atoms with E-state index >= 15 is 0 Å². The molecule has 1 aromatic carbocycles. The monoisotopic (exact) mass is 393 g/mol. The zero-order valence-corrected chi connectivity index (χ0v) is 16.9. The van der Waals surface area contributed by atoms with Gasteiger partial charge in [0.1, 0.15) is 6.54 Å². The van der Waals surface area contributed by atoms with Gasteiger partial charge >= 0.3 is 0 Å². The minimum absolute atomic E-state index is 0.0722. The number of hydrogen-bond acceptors (Lipinski definition) is 3. The molecule has 2 aliphatic rings. The molecule has 1 aromatic heterocycles. The zero-order chi connectivity index (χ0) is 20.5. The van der Waals surface area contributed by atoms with E-state index in [1.807, 2.05) is 22.9 Å². The highest BCUT2D eigenvalue weighted by Gasteiger charge is 2.39. The third-order valence-corrected chi connectivity index (χ3v) is 6.12. The number of hydrogen-bond donors (Lipinski definition) is 1. The lowest BCUT2D eigenvalue weighted by molar-refractivity contribution is -0.128. The lowest BCUT2D eigenvalue weighted by Crippen LogP contribution is -2.51. The van der Waals surface area contributed by atoms with Crippen molar-refractivity contribution in [2.24, 2.45) is 5.92 Å². The first-order chi connectivity index (χ1) is 13.9. The Balaban J connectivity index is 1.67. The second-order valence-electron chi connectivity index (χ2n) is 8.30. The Hall–Kier alpha value is -2.89. The largest absolute Gasteiger partial charge is 0.351 e. The zero-order valence-electron chi connectivity index (χ0n) is 16.9. The molecule has 0 spiro atoms. The molecule has 0 bridgehead atoms. The number of rotatable bonds is 4. The van der Waals surface area contributed by atoms with Crippen LogP contribution in [0.2, 0.25) is 0 Å². The van der Waals surface area contributed by atoms with Crippen molar-refractivity contribution in [3.8, 4) is 0 Å². The Morgan fingerprint density at radius 3 is 2.55 bits per heavy atom. The van der Waals surface area contributed by atoms with Crippen molar-refractivity contribution >= 4 is 23.3 Å². The van der Waals surface area contributed by atoms with E-state index in [1.165, 1.54) is 6.92 Å². The summed E-state index contributed by atoms with van der Waals surface area (Å²) in [6, 6.07) is 10.1. The minimum Gasteiger partial charge on any atom is -0.351 e. The fraction of sp³-hybridized carbons (Fsp3) is 0.435. The van der Waals surface area contributed by atoms with Gasteiger partial charge in [-0.15, -0.1) is 0 Å². The van der Waals surface area contributed by atoms with Crippen LogP contribution in [0.5, 0.6) is 0 Å². The summed E-state index contributed by atoms with van der Waals surface area (Å²) in [4.78, 5) is 39.8. The van der Waals surface area contributed by atoms with Crippen molar-refractivity contribution in [1.82, 2.24) is 9.88 Å². The van der Waals surface area contributed by atoms with Gasteiger partial charge in [-0.25, -0.2) is 0 Å². The second-order valence-corrected chi connectivity index (χ2v) is 8.30. The van der Waals surface area contributed by atoms with Crippen LogP contribution in [0.15, 0.2) is 42.6 Å². The van der Waals surface area contributed by atoms with Gasteiger partial charge in [-0.1, -0.05) is 19.1 Å². The smallest absolute Gasteiger partial charge is 0.249 e. The number of carbonyl (C=O) groups excluding carboxylic acids is 3. The lowest BCUT2D eigenvalue weighted by Gasteiger charge is -2.37. The molecule has 1 atom stereocenters. The quantitative estimate of drug-likeness (QED) is 0.809. The van der Waals surface area contributed by atoms with E-state index in [4.69, 9.17) is 0 Å². The van der Waals surface area contributed by atoms with Gasteiger partial charge in [-0.05, 0) is 62.8 Å². The van der Waals surface area contributed by atoms with E-state index < -0.39 is 6.04 Å². The third kappa shape index (κ3) is 3.84. The van der Waals surface area contributed by atoms with Crippen LogP contribution in [-0.4, -0.2) is 28.2 Å². The second kappa shape index (κ2) is 7.85. The van der Waals surface area contributed by atoms with E-state index in [2.05, 4.69) is 12.2 Å². The molecule has 4 rings (SSSR count). The van der Waals surface area contributed by atoms with Crippen LogP contribution in [-0.2, 0) is 16.1 Å². The summed E-state index contributed by atoms with van der Waals surface area (Å²) in [7, 11) is 0. The van der Waals surface area contributed by atoms with Gasteiger partial charge < -0.3 is 9.88 Å². The van der Waals surface area contributed by atoms with Crippen molar-refractivity contribution < 1.29 is 14.4 Å². The third-order valence-electron chi connectivity index (χ3n) is 6.12. The Kier molecular flexibility index (Phi) is 5.26. The van der Waals surface area contributed by atoms with Gasteiger partial charge in [0, 0.05) is 23.5 Å². The maximum atomic E-state index is 13.4. The van der Waals surface area contributed by atoms with E-state index in [0.717, 1.165) is 31.4 Å². The maximum Gasteiger partial charge on any atom is 0.249 e. The van der Waals surface area contributed by atoms with Crippen molar-refractivity contribution in [2.45, 2.75) is 58.2 Å². The summed E-state index contributed by atoms with van der Waals surface area (Å²) in [5.74, 6) is 0.303. The average Bonchev–Trinajstić information content (AvgIpc) is 3.16. The fourth-order valence-electron chi connectivity index (χ4n) is 4.42. The molecule has 2 heterocycles. The van der Waals surface area contributed by atoms with Crippen LogP contribution in [0.25, 0.3) is 0 Å². The number of Topliss-reactive ketones (excluding diaryl/α,β-unsaturated/α-hetero) is 1. The molecule has 1 saturated carbocycles. The number of carbonyl (C=O) groups is 3. The molecule has 6 heteroatoms. The molecule has 2 aromatic rings. The lowest BCUT2D eigenvalue weighted by atomic mass is 9.87. The Bertz CT molecular complexity index is 940. The van der Waals surface area contributed by atoms with Crippen LogP contribution < -0.4 is 10.2 Å². The fourth-order valence-corrected chi connectivity index (χ4v) is 4.42. The van der Waals surface area contributed by atoms with Crippen LogP contribution in [0.1, 0.15) is 61.6 Å². The van der Waals surface area contributed by atoms with Crippen LogP contribution in [0, 0.1) is 5.92 Å². The van der Waals surface area contributed by atoms with E-state index in [-0.39, 0.29) is 30.2 Å². The van der Waals surface area contributed by atoms with Gasteiger partial charge in [0.25, 0.3) is 0 Å². The predicted molar refractivity (Wildman–Crippen MR) is 111 cm³/mol. The molecule has 152 valence electrons. The SMILES string of the molecule is CC(=O)c1cccc(N2C(=O)Cn3cccc3C2C(=O)NC2CCC(C)CC2)c1. The Morgan fingerprint density at radius 2 is 1.83 bits per heavy atom.